The summed E-state index contributed by atoms with van der Waals surface area (Å²) in [7, 11) is 1.90. The quantitative estimate of drug-likeness (QED) is 0.822. The maximum absolute atomic E-state index is 12.1. The lowest BCUT2D eigenvalue weighted by Crippen LogP contribution is -2.03. The molecule has 2 aromatic rings. The van der Waals surface area contributed by atoms with Crippen molar-refractivity contribution < 1.29 is 4.79 Å². The van der Waals surface area contributed by atoms with Gasteiger partial charge in [0, 0.05) is 25.6 Å². The Balaban J connectivity index is 1.53. The van der Waals surface area contributed by atoms with E-state index in [0.29, 0.717) is 18.1 Å². The van der Waals surface area contributed by atoms with E-state index in [1.165, 1.54) is 5.56 Å². The zero-order chi connectivity index (χ0) is 13.2. The highest BCUT2D eigenvalue weighted by atomic mass is 16.1. The summed E-state index contributed by atoms with van der Waals surface area (Å²) < 4.78 is 1.78. The van der Waals surface area contributed by atoms with Gasteiger partial charge in [-0.3, -0.25) is 9.48 Å². The first-order chi connectivity index (χ1) is 9.24. The Bertz CT molecular complexity index is 573. The molecule has 1 heterocycles. The van der Waals surface area contributed by atoms with Crippen LogP contribution in [0, 0.1) is 5.92 Å². The second-order valence-electron chi connectivity index (χ2n) is 5.35. The topological polar surface area (TPSA) is 34.9 Å². The van der Waals surface area contributed by atoms with Gasteiger partial charge in [0.2, 0.25) is 0 Å². The van der Waals surface area contributed by atoms with E-state index in [1.54, 1.807) is 4.68 Å². The highest BCUT2D eigenvalue weighted by Crippen LogP contribution is 2.48. The van der Waals surface area contributed by atoms with Crippen molar-refractivity contribution in [3.63, 3.8) is 0 Å². The van der Waals surface area contributed by atoms with Gasteiger partial charge < -0.3 is 0 Å². The summed E-state index contributed by atoms with van der Waals surface area (Å²) in [6.07, 6.45) is 6.30. The number of hydrogen-bond donors (Lipinski definition) is 0. The van der Waals surface area contributed by atoms with Crippen LogP contribution in [-0.4, -0.2) is 15.6 Å². The molecule has 1 fully saturated rings. The van der Waals surface area contributed by atoms with E-state index in [1.807, 2.05) is 37.6 Å². The van der Waals surface area contributed by atoms with Crippen molar-refractivity contribution in [1.82, 2.24) is 9.78 Å². The molecule has 0 aliphatic heterocycles. The summed E-state index contributed by atoms with van der Waals surface area (Å²) >= 11 is 0. The van der Waals surface area contributed by atoms with E-state index in [0.717, 1.165) is 18.4 Å². The first-order valence-electron chi connectivity index (χ1n) is 6.79. The third-order valence-corrected chi connectivity index (χ3v) is 3.85. The summed E-state index contributed by atoms with van der Waals surface area (Å²) in [5, 5.41) is 4.12. The van der Waals surface area contributed by atoms with E-state index in [2.05, 4.69) is 17.2 Å². The zero-order valence-corrected chi connectivity index (χ0v) is 11.1. The van der Waals surface area contributed by atoms with E-state index < -0.39 is 0 Å². The van der Waals surface area contributed by atoms with Crippen molar-refractivity contribution in [1.29, 1.82) is 0 Å². The number of carbonyl (C=O) groups is 1. The predicted molar refractivity (Wildman–Crippen MR) is 73.8 cm³/mol. The molecule has 2 atom stereocenters. The molecule has 19 heavy (non-hydrogen) atoms. The molecule has 0 N–H and O–H groups in total. The molecule has 0 bridgehead atoms. The van der Waals surface area contributed by atoms with Crippen LogP contribution < -0.4 is 0 Å². The maximum Gasteiger partial charge on any atom is 0.136 e. The second-order valence-corrected chi connectivity index (χ2v) is 5.35. The molecule has 98 valence electrons. The van der Waals surface area contributed by atoms with Gasteiger partial charge in [-0.25, -0.2) is 0 Å². The van der Waals surface area contributed by atoms with Gasteiger partial charge in [-0.2, -0.15) is 5.10 Å². The number of benzene rings is 1. The van der Waals surface area contributed by atoms with Gasteiger partial charge in [0.05, 0.1) is 6.20 Å². The minimum Gasteiger partial charge on any atom is -0.299 e. The van der Waals surface area contributed by atoms with Crippen LogP contribution in [0.2, 0.25) is 0 Å². The van der Waals surface area contributed by atoms with Gasteiger partial charge in [-0.1, -0.05) is 30.3 Å². The Labute approximate surface area is 113 Å². The molecule has 0 amide bonds. The summed E-state index contributed by atoms with van der Waals surface area (Å²) in [4.78, 5) is 12.1. The highest BCUT2D eigenvalue weighted by molar-refractivity contribution is 5.85. The third kappa shape index (κ3) is 2.75. The summed E-state index contributed by atoms with van der Waals surface area (Å²) in [5.41, 5.74) is 2.45. The molecule has 3 rings (SSSR count). The van der Waals surface area contributed by atoms with Gasteiger partial charge in [0.25, 0.3) is 0 Å². The largest absolute Gasteiger partial charge is 0.299 e. The number of nitrogens with zero attached hydrogens (tertiary/aromatic N) is 2. The SMILES string of the molecule is Cn1cc(CCC(=O)C2CC2c2ccccc2)cn1. The van der Waals surface area contributed by atoms with Crippen molar-refractivity contribution in [2.75, 3.05) is 0 Å². The van der Waals surface area contributed by atoms with E-state index >= 15 is 0 Å². The lowest BCUT2D eigenvalue weighted by Gasteiger charge is -2.00. The molecule has 1 aliphatic rings. The Kier molecular flexibility index (Phi) is 3.20. The number of rotatable bonds is 5. The molecule has 3 nitrogen and oxygen atoms in total. The molecule has 1 saturated carbocycles. The number of Topliss-reactive ketones (excluding diaryl/α,β-unsaturated/α-hetero) is 1. The minimum atomic E-state index is 0.249. The smallest absolute Gasteiger partial charge is 0.136 e. The van der Waals surface area contributed by atoms with Crippen LogP contribution in [0.1, 0.15) is 29.9 Å². The Morgan fingerprint density at radius 3 is 2.84 bits per heavy atom. The normalized spacial score (nSPS) is 21.3. The van der Waals surface area contributed by atoms with Gasteiger partial charge in [0.1, 0.15) is 5.78 Å². The van der Waals surface area contributed by atoms with Crippen LogP contribution in [0.4, 0.5) is 0 Å². The van der Waals surface area contributed by atoms with E-state index in [9.17, 15) is 4.79 Å². The Morgan fingerprint density at radius 1 is 1.37 bits per heavy atom. The van der Waals surface area contributed by atoms with Crippen molar-refractivity contribution in [2.45, 2.75) is 25.2 Å². The maximum atomic E-state index is 12.1. The monoisotopic (exact) mass is 254 g/mol. The Hall–Kier alpha value is -1.90. The van der Waals surface area contributed by atoms with Crippen molar-refractivity contribution in [3.8, 4) is 0 Å². The number of carbonyl (C=O) groups excluding carboxylic acids is 1. The van der Waals surface area contributed by atoms with E-state index in [4.69, 9.17) is 0 Å². The molecule has 0 spiro atoms. The van der Waals surface area contributed by atoms with Crippen molar-refractivity contribution >= 4 is 5.78 Å². The summed E-state index contributed by atoms with van der Waals surface area (Å²) in [6, 6.07) is 10.4. The van der Waals surface area contributed by atoms with Crippen LogP contribution in [0.3, 0.4) is 0 Å². The number of aromatic nitrogens is 2. The highest BCUT2D eigenvalue weighted by Gasteiger charge is 2.42. The number of hydrogen-bond acceptors (Lipinski definition) is 2. The molecule has 2 unspecified atom stereocenters. The van der Waals surface area contributed by atoms with Gasteiger partial charge in [-0.15, -0.1) is 0 Å². The standard InChI is InChI=1S/C16H18N2O/c1-18-11-12(10-17-18)7-8-16(19)15-9-14(15)13-5-3-2-4-6-13/h2-6,10-11,14-15H,7-9H2,1H3. The fourth-order valence-corrected chi connectivity index (χ4v) is 2.67. The minimum absolute atomic E-state index is 0.249. The summed E-state index contributed by atoms with van der Waals surface area (Å²) in [5.74, 6) is 1.11. The third-order valence-electron chi connectivity index (χ3n) is 3.85. The molecule has 0 saturated heterocycles. The first kappa shape index (κ1) is 12.2. The second kappa shape index (κ2) is 5.00. The zero-order valence-electron chi connectivity index (χ0n) is 11.1. The molecule has 1 aliphatic carbocycles. The van der Waals surface area contributed by atoms with E-state index in [-0.39, 0.29) is 5.92 Å². The van der Waals surface area contributed by atoms with Crippen molar-refractivity contribution in [2.24, 2.45) is 13.0 Å². The van der Waals surface area contributed by atoms with Crippen LogP contribution in [-0.2, 0) is 18.3 Å². The summed E-state index contributed by atoms with van der Waals surface area (Å²) in [6.45, 7) is 0. The molecule has 3 heteroatoms. The van der Waals surface area contributed by atoms with Gasteiger partial charge in [-0.05, 0) is 29.9 Å². The van der Waals surface area contributed by atoms with Crippen LogP contribution in [0.15, 0.2) is 42.7 Å². The van der Waals surface area contributed by atoms with Gasteiger partial charge >= 0.3 is 0 Å². The average molecular weight is 254 g/mol. The Morgan fingerprint density at radius 2 is 2.16 bits per heavy atom. The fourth-order valence-electron chi connectivity index (χ4n) is 2.67. The van der Waals surface area contributed by atoms with Gasteiger partial charge in [0.15, 0.2) is 0 Å². The van der Waals surface area contributed by atoms with Crippen LogP contribution >= 0.6 is 0 Å². The van der Waals surface area contributed by atoms with Crippen LogP contribution in [0.25, 0.3) is 0 Å². The predicted octanol–water partition coefficient (Wildman–Crippen LogP) is 2.73. The number of aryl methyl sites for hydroxylation is 2. The molecule has 1 aromatic heterocycles. The first-order valence-corrected chi connectivity index (χ1v) is 6.79. The van der Waals surface area contributed by atoms with Crippen molar-refractivity contribution in [3.05, 3.63) is 53.9 Å². The number of ketones is 1. The van der Waals surface area contributed by atoms with Crippen LogP contribution in [0.5, 0.6) is 0 Å². The molecule has 1 aromatic carbocycles. The molecular weight excluding hydrogens is 236 g/mol. The molecular formula is C16H18N2O. The lowest BCUT2D eigenvalue weighted by molar-refractivity contribution is -0.120. The lowest BCUT2D eigenvalue weighted by atomic mass is 10.0. The molecule has 0 radical (unpaired) electrons. The average Bonchev–Trinajstić information content (AvgIpc) is 3.14. The fraction of sp³-hybridized carbons (Fsp3) is 0.375.